The number of hydrogen-bond acceptors (Lipinski definition) is 4. The van der Waals surface area contributed by atoms with E-state index in [-0.39, 0.29) is 5.54 Å². The first-order chi connectivity index (χ1) is 13.4. The SMILES string of the molecule is C=CCC1CCC(C)(CCN)C1.CC.CC.CC.CN1CC2CNCC2(N)C1. The van der Waals surface area contributed by atoms with Gasteiger partial charge < -0.3 is 21.7 Å². The molecule has 1 aliphatic carbocycles. The van der Waals surface area contributed by atoms with Gasteiger partial charge in [-0.15, -0.1) is 6.58 Å². The van der Waals surface area contributed by atoms with Gasteiger partial charge >= 0.3 is 0 Å². The van der Waals surface area contributed by atoms with Crippen LogP contribution in [0.25, 0.3) is 0 Å². The number of allylic oxidation sites excluding steroid dienone is 1. The summed E-state index contributed by atoms with van der Waals surface area (Å²) in [6.07, 6.45) is 8.54. The largest absolute Gasteiger partial charge is 0.330 e. The minimum Gasteiger partial charge on any atom is -0.330 e. The Balaban J connectivity index is 0. The molecule has 0 bridgehead atoms. The maximum atomic E-state index is 6.15. The van der Waals surface area contributed by atoms with Gasteiger partial charge in [0.1, 0.15) is 0 Å². The van der Waals surface area contributed by atoms with E-state index in [0.29, 0.717) is 11.3 Å². The first kappa shape index (κ1) is 29.8. The fourth-order valence-corrected chi connectivity index (χ4v) is 4.67. The second kappa shape index (κ2) is 16.4. The Bertz CT molecular complexity index is 374. The molecule has 1 saturated carbocycles. The molecule has 4 atom stereocenters. The van der Waals surface area contributed by atoms with E-state index in [1.807, 2.05) is 41.5 Å². The van der Waals surface area contributed by atoms with Crippen molar-refractivity contribution < 1.29 is 0 Å². The normalized spacial score (nSPS) is 32.9. The van der Waals surface area contributed by atoms with Crippen LogP contribution in [0.2, 0.25) is 0 Å². The second-order valence-corrected chi connectivity index (χ2v) is 8.24. The fourth-order valence-electron chi connectivity index (χ4n) is 4.67. The van der Waals surface area contributed by atoms with Crippen molar-refractivity contribution in [1.82, 2.24) is 10.2 Å². The average Bonchev–Trinajstić information content (AvgIpc) is 3.32. The van der Waals surface area contributed by atoms with E-state index in [2.05, 4.69) is 36.8 Å². The molecule has 28 heavy (non-hydrogen) atoms. The third-order valence-corrected chi connectivity index (χ3v) is 5.94. The molecule has 2 heterocycles. The maximum absolute atomic E-state index is 6.15. The summed E-state index contributed by atoms with van der Waals surface area (Å²) in [4.78, 5) is 2.32. The van der Waals surface area contributed by atoms with Crippen LogP contribution in [0.1, 0.15) is 80.6 Å². The molecule has 4 heteroatoms. The molecule has 2 saturated heterocycles. The quantitative estimate of drug-likeness (QED) is 0.603. The van der Waals surface area contributed by atoms with Crippen molar-refractivity contribution in [2.24, 2.45) is 28.7 Å². The molecular weight excluding hydrogens is 344 g/mol. The molecule has 5 N–H and O–H groups in total. The number of nitrogens with zero attached hydrogens (tertiary/aromatic N) is 1. The van der Waals surface area contributed by atoms with Crippen molar-refractivity contribution in [3.05, 3.63) is 12.7 Å². The first-order valence-electron chi connectivity index (χ1n) is 11.9. The van der Waals surface area contributed by atoms with Crippen molar-refractivity contribution in [3.8, 4) is 0 Å². The van der Waals surface area contributed by atoms with E-state index in [9.17, 15) is 0 Å². The van der Waals surface area contributed by atoms with E-state index >= 15 is 0 Å². The lowest BCUT2D eigenvalue weighted by Crippen LogP contribution is -2.48. The molecule has 0 aromatic carbocycles. The predicted octanol–water partition coefficient (Wildman–Crippen LogP) is 4.65. The lowest BCUT2D eigenvalue weighted by Gasteiger charge is -2.22. The van der Waals surface area contributed by atoms with E-state index in [4.69, 9.17) is 11.5 Å². The van der Waals surface area contributed by atoms with Crippen LogP contribution in [0.15, 0.2) is 12.7 Å². The summed E-state index contributed by atoms with van der Waals surface area (Å²) >= 11 is 0. The van der Waals surface area contributed by atoms with Gasteiger partial charge in [-0.05, 0) is 57.0 Å². The molecule has 3 aliphatic rings. The molecule has 0 aromatic rings. The predicted molar refractivity (Wildman–Crippen MR) is 129 cm³/mol. The van der Waals surface area contributed by atoms with Gasteiger partial charge in [-0.1, -0.05) is 54.5 Å². The van der Waals surface area contributed by atoms with Crippen molar-refractivity contribution in [1.29, 1.82) is 0 Å². The number of likely N-dealkylation sites (tertiary alicyclic amines) is 1. The van der Waals surface area contributed by atoms with Crippen molar-refractivity contribution in [3.63, 3.8) is 0 Å². The third-order valence-electron chi connectivity index (χ3n) is 5.94. The van der Waals surface area contributed by atoms with Crippen LogP contribution in [0, 0.1) is 17.3 Å². The van der Waals surface area contributed by atoms with Crippen LogP contribution in [0.4, 0.5) is 0 Å². The Morgan fingerprint density at radius 3 is 2.29 bits per heavy atom. The topological polar surface area (TPSA) is 67.3 Å². The molecule has 0 amide bonds. The number of nitrogens with one attached hydrogen (secondary N) is 1. The summed E-state index contributed by atoms with van der Waals surface area (Å²) < 4.78 is 0. The lowest BCUT2D eigenvalue weighted by molar-refractivity contribution is 0.299. The summed E-state index contributed by atoms with van der Waals surface area (Å²) in [6, 6.07) is 0. The average molecular weight is 399 g/mol. The summed E-state index contributed by atoms with van der Waals surface area (Å²) in [5.41, 5.74) is 12.4. The van der Waals surface area contributed by atoms with Gasteiger partial charge in [-0.2, -0.15) is 0 Å². The van der Waals surface area contributed by atoms with E-state index < -0.39 is 0 Å². The zero-order valence-electron chi connectivity index (χ0n) is 20.6. The molecular formula is C24H54N4. The smallest absolute Gasteiger partial charge is 0.0462 e. The van der Waals surface area contributed by atoms with Gasteiger partial charge in [0.2, 0.25) is 0 Å². The van der Waals surface area contributed by atoms with Gasteiger partial charge in [0, 0.05) is 37.6 Å². The molecule has 170 valence electrons. The second-order valence-electron chi connectivity index (χ2n) is 8.24. The lowest BCUT2D eigenvalue weighted by atomic mass is 9.84. The Labute approximate surface area is 177 Å². The monoisotopic (exact) mass is 398 g/mol. The Morgan fingerprint density at radius 1 is 1.18 bits per heavy atom. The van der Waals surface area contributed by atoms with Crippen molar-refractivity contribution in [2.75, 3.05) is 39.8 Å². The number of nitrogens with two attached hydrogens (primary N) is 2. The Hall–Kier alpha value is -0.420. The Kier molecular flexibility index (Phi) is 17.4. The minimum absolute atomic E-state index is 0.0920. The number of hydrogen-bond donors (Lipinski definition) is 3. The fraction of sp³-hybridized carbons (Fsp3) is 0.917. The number of rotatable bonds is 4. The van der Waals surface area contributed by atoms with Gasteiger partial charge in [-0.25, -0.2) is 0 Å². The molecule has 0 aromatic heterocycles. The van der Waals surface area contributed by atoms with E-state index in [1.165, 1.54) is 38.6 Å². The maximum Gasteiger partial charge on any atom is 0.0462 e. The zero-order chi connectivity index (χ0) is 22.2. The molecule has 3 fully saturated rings. The molecule has 4 unspecified atom stereocenters. The zero-order valence-corrected chi connectivity index (χ0v) is 20.6. The van der Waals surface area contributed by atoms with Gasteiger partial charge in [-0.3, -0.25) is 0 Å². The van der Waals surface area contributed by atoms with Crippen molar-refractivity contribution >= 4 is 0 Å². The molecule has 3 rings (SSSR count). The summed E-state index contributed by atoms with van der Waals surface area (Å²) in [6.45, 7) is 23.4. The molecule has 0 spiro atoms. The van der Waals surface area contributed by atoms with Gasteiger partial charge in [0.15, 0.2) is 0 Å². The minimum atomic E-state index is 0.0920. The summed E-state index contributed by atoms with van der Waals surface area (Å²) in [5, 5.41) is 3.33. The van der Waals surface area contributed by atoms with Crippen LogP contribution in [-0.2, 0) is 0 Å². The number of likely N-dealkylation sites (N-methyl/N-ethyl adjacent to an activating group) is 1. The highest BCUT2D eigenvalue weighted by atomic mass is 15.2. The Morgan fingerprint density at radius 2 is 1.79 bits per heavy atom. The molecule has 0 radical (unpaired) electrons. The van der Waals surface area contributed by atoms with Crippen molar-refractivity contribution in [2.45, 2.75) is 86.1 Å². The standard InChI is InChI=1S/C11H21N.C7H15N3.3C2H6/c1-3-4-10-5-6-11(2,9-10)7-8-12;1-10-3-6-2-9-4-7(6,8)5-10;3*1-2/h3,10H,1,4-9,12H2,2H3;6,9H,2-5,8H2,1H3;3*1-2H3. The van der Waals surface area contributed by atoms with Crippen LogP contribution in [-0.4, -0.2) is 50.2 Å². The summed E-state index contributed by atoms with van der Waals surface area (Å²) in [5.74, 6) is 1.58. The van der Waals surface area contributed by atoms with Crippen LogP contribution in [0.5, 0.6) is 0 Å². The molecule has 2 aliphatic heterocycles. The number of fused-ring (bicyclic) bond motifs is 1. The van der Waals surface area contributed by atoms with E-state index in [0.717, 1.165) is 32.1 Å². The highest BCUT2D eigenvalue weighted by Gasteiger charge is 2.45. The molecule has 4 nitrogen and oxygen atoms in total. The van der Waals surface area contributed by atoms with Gasteiger partial charge in [0.05, 0.1) is 0 Å². The van der Waals surface area contributed by atoms with Crippen LogP contribution < -0.4 is 16.8 Å². The highest BCUT2D eigenvalue weighted by molar-refractivity contribution is 5.06. The van der Waals surface area contributed by atoms with E-state index in [1.54, 1.807) is 0 Å². The van der Waals surface area contributed by atoms with Crippen LogP contribution >= 0.6 is 0 Å². The summed E-state index contributed by atoms with van der Waals surface area (Å²) in [7, 11) is 2.15. The highest BCUT2D eigenvalue weighted by Crippen LogP contribution is 2.44. The third kappa shape index (κ3) is 9.87. The first-order valence-corrected chi connectivity index (χ1v) is 11.9. The van der Waals surface area contributed by atoms with Gasteiger partial charge in [0.25, 0.3) is 0 Å². The van der Waals surface area contributed by atoms with Crippen LogP contribution in [0.3, 0.4) is 0 Å².